The van der Waals surface area contributed by atoms with E-state index in [-0.39, 0.29) is 24.4 Å². The number of aliphatic hydroxyl groups excluding tert-OH is 1. The second kappa shape index (κ2) is 8.13. The van der Waals surface area contributed by atoms with Gasteiger partial charge in [-0.3, -0.25) is 0 Å². The maximum atomic E-state index is 10.5. The number of carboxylic acids is 2. The van der Waals surface area contributed by atoms with Gasteiger partial charge in [0.25, 0.3) is 0 Å². The average Bonchev–Trinajstić information content (AvgIpc) is 2.32. The molecule has 0 saturated carbocycles. The van der Waals surface area contributed by atoms with E-state index in [0.29, 0.717) is 0 Å². The molecule has 3 N–H and O–H groups in total. The molecule has 0 bridgehead atoms. The van der Waals surface area contributed by atoms with Crippen LogP contribution in [0.1, 0.15) is 13.8 Å². The zero-order valence-corrected chi connectivity index (χ0v) is 10.1. The van der Waals surface area contributed by atoms with Gasteiger partial charge in [-0.15, -0.1) is 0 Å². The third-order valence-electron chi connectivity index (χ3n) is 1.86. The molecular weight excluding hydrogens is 244 g/mol. The van der Waals surface area contributed by atoms with Crippen LogP contribution >= 0.6 is 0 Å². The van der Waals surface area contributed by atoms with Gasteiger partial charge in [0.05, 0.1) is 30.3 Å². The quantitative estimate of drug-likeness (QED) is 0.426. The van der Waals surface area contributed by atoms with E-state index in [9.17, 15) is 9.59 Å². The topological polar surface area (TPSA) is 113 Å². The van der Waals surface area contributed by atoms with Crippen molar-refractivity contribution in [3.8, 4) is 0 Å². The van der Waals surface area contributed by atoms with Gasteiger partial charge in [0, 0.05) is 0 Å². The fraction of sp³-hybridized carbons (Fsp3) is 0.455. The van der Waals surface area contributed by atoms with Crippen molar-refractivity contribution in [3.05, 3.63) is 23.7 Å². The maximum Gasteiger partial charge on any atom is 0.334 e. The van der Waals surface area contributed by atoms with Crippen molar-refractivity contribution in [2.45, 2.75) is 20.0 Å². The Bertz CT molecular complexity index is 356. The number of aliphatic hydroxyl groups is 1. The summed E-state index contributed by atoms with van der Waals surface area (Å²) in [6.45, 7) is 2.21. The molecule has 0 saturated heterocycles. The molecule has 1 unspecified atom stereocenters. The van der Waals surface area contributed by atoms with Crippen LogP contribution in [0.2, 0.25) is 0 Å². The van der Waals surface area contributed by atoms with Gasteiger partial charge in [-0.05, 0) is 13.8 Å². The minimum atomic E-state index is -1.13. The van der Waals surface area contributed by atoms with E-state index in [1.807, 2.05) is 0 Å². The molecular formula is C11H16O7. The van der Waals surface area contributed by atoms with Crippen molar-refractivity contribution in [2.75, 3.05) is 13.2 Å². The third kappa shape index (κ3) is 6.54. The lowest BCUT2D eigenvalue weighted by molar-refractivity contribution is -0.133. The van der Waals surface area contributed by atoms with E-state index in [1.165, 1.54) is 13.8 Å². The van der Waals surface area contributed by atoms with Crippen molar-refractivity contribution in [1.82, 2.24) is 0 Å². The van der Waals surface area contributed by atoms with Crippen LogP contribution in [0.4, 0.5) is 0 Å². The van der Waals surface area contributed by atoms with Crippen LogP contribution in [-0.2, 0) is 19.1 Å². The summed E-state index contributed by atoms with van der Waals surface area (Å²) in [4.78, 5) is 20.9. The van der Waals surface area contributed by atoms with Crippen molar-refractivity contribution in [2.24, 2.45) is 0 Å². The zero-order valence-electron chi connectivity index (χ0n) is 10.1. The van der Waals surface area contributed by atoms with Gasteiger partial charge in [-0.1, -0.05) is 0 Å². The van der Waals surface area contributed by atoms with E-state index in [2.05, 4.69) is 0 Å². The van der Waals surface area contributed by atoms with Gasteiger partial charge in [0.1, 0.15) is 6.61 Å². The summed E-state index contributed by atoms with van der Waals surface area (Å²) in [6.07, 6.45) is 1.26. The lowest BCUT2D eigenvalue weighted by Crippen LogP contribution is -2.21. The first-order valence-electron chi connectivity index (χ1n) is 5.06. The Balaban J connectivity index is 4.21. The highest BCUT2D eigenvalue weighted by molar-refractivity contribution is 5.85. The highest BCUT2D eigenvalue weighted by Gasteiger charge is 2.09. The highest BCUT2D eigenvalue weighted by atomic mass is 16.5. The van der Waals surface area contributed by atoms with Gasteiger partial charge < -0.3 is 24.8 Å². The molecule has 0 aromatic carbocycles. The van der Waals surface area contributed by atoms with E-state index < -0.39 is 18.0 Å². The Hall–Kier alpha value is -2.02. The number of hydrogen-bond donors (Lipinski definition) is 3. The molecule has 0 fully saturated rings. The summed E-state index contributed by atoms with van der Waals surface area (Å²) in [5.41, 5.74) is -0.0188. The van der Waals surface area contributed by atoms with Crippen molar-refractivity contribution >= 4 is 11.9 Å². The minimum Gasteiger partial charge on any atom is -0.497 e. The van der Waals surface area contributed by atoms with Gasteiger partial charge >= 0.3 is 11.9 Å². The van der Waals surface area contributed by atoms with Gasteiger partial charge in [-0.2, -0.15) is 0 Å². The third-order valence-corrected chi connectivity index (χ3v) is 1.86. The SMILES string of the molecule is CC(=COCC(CO)OC=C(C)C(=O)O)C(=O)O. The van der Waals surface area contributed by atoms with E-state index in [1.54, 1.807) is 0 Å². The number of carboxylic acid groups (broad SMARTS) is 2. The molecule has 1 atom stereocenters. The molecule has 0 aliphatic rings. The Labute approximate surface area is 104 Å². The van der Waals surface area contributed by atoms with Crippen molar-refractivity contribution in [3.63, 3.8) is 0 Å². The Kier molecular flexibility index (Phi) is 7.22. The fourth-order valence-corrected chi connectivity index (χ4v) is 0.715. The van der Waals surface area contributed by atoms with Crippen LogP contribution < -0.4 is 0 Å². The van der Waals surface area contributed by atoms with Crippen LogP contribution in [0.3, 0.4) is 0 Å². The smallest absolute Gasteiger partial charge is 0.334 e. The number of hydrogen-bond acceptors (Lipinski definition) is 5. The Morgan fingerprint density at radius 2 is 1.61 bits per heavy atom. The maximum absolute atomic E-state index is 10.5. The molecule has 0 radical (unpaired) electrons. The van der Waals surface area contributed by atoms with Crippen molar-refractivity contribution < 1.29 is 34.4 Å². The predicted molar refractivity (Wildman–Crippen MR) is 60.7 cm³/mol. The summed E-state index contributed by atoms with van der Waals surface area (Å²) < 4.78 is 9.86. The standard InChI is InChI=1S/C11H16O7/c1-7(10(13)14)4-17-6-9(3-12)18-5-8(2)11(15)16/h4-5,9,12H,3,6H2,1-2H3,(H,13,14)(H,15,16). The molecule has 102 valence electrons. The second-order valence-electron chi connectivity index (χ2n) is 3.49. The zero-order chi connectivity index (χ0) is 14.1. The lowest BCUT2D eigenvalue weighted by Gasteiger charge is -2.13. The molecule has 0 aromatic rings. The average molecular weight is 260 g/mol. The van der Waals surface area contributed by atoms with Crippen LogP contribution in [0, 0.1) is 0 Å². The monoisotopic (exact) mass is 260 g/mol. The first-order valence-corrected chi connectivity index (χ1v) is 5.06. The first kappa shape index (κ1) is 16.0. The molecule has 7 nitrogen and oxygen atoms in total. The predicted octanol–water partition coefficient (Wildman–Crippen LogP) is 0.357. The minimum absolute atomic E-state index is 0.00366. The molecule has 0 aliphatic carbocycles. The van der Waals surface area contributed by atoms with Crippen LogP contribution in [-0.4, -0.2) is 46.6 Å². The molecule has 0 amide bonds. The van der Waals surface area contributed by atoms with Gasteiger partial charge in [0.2, 0.25) is 0 Å². The van der Waals surface area contributed by atoms with Crippen LogP contribution in [0.5, 0.6) is 0 Å². The summed E-state index contributed by atoms with van der Waals surface area (Å²) in [5, 5.41) is 26.0. The second-order valence-corrected chi connectivity index (χ2v) is 3.49. The molecule has 0 heterocycles. The number of ether oxygens (including phenoxy) is 2. The fourth-order valence-electron chi connectivity index (χ4n) is 0.715. The highest BCUT2D eigenvalue weighted by Crippen LogP contribution is 2.00. The number of aliphatic carboxylic acids is 2. The molecule has 0 rings (SSSR count). The molecule has 0 spiro atoms. The van der Waals surface area contributed by atoms with E-state index >= 15 is 0 Å². The first-order chi connectivity index (χ1) is 8.38. The Morgan fingerprint density at radius 1 is 1.11 bits per heavy atom. The number of rotatable bonds is 8. The lowest BCUT2D eigenvalue weighted by atomic mass is 10.3. The van der Waals surface area contributed by atoms with E-state index in [0.717, 1.165) is 12.5 Å². The van der Waals surface area contributed by atoms with Gasteiger partial charge in [-0.25, -0.2) is 9.59 Å². The summed E-state index contributed by atoms with van der Waals surface area (Å²) >= 11 is 0. The number of carbonyl (C=O) groups is 2. The molecule has 0 aromatic heterocycles. The van der Waals surface area contributed by atoms with Crippen LogP contribution in [0.15, 0.2) is 23.7 Å². The largest absolute Gasteiger partial charge is 0.497 e. The summed E-state index contributed by atoms with van der Waals surface area (Å²) in [6, 6.07) is 0. The van der Waals surface area contributed by atoms with Crippen LogP contribution in [0.25, 0.3) is 0 Å². The Morgan fingerprint density at radius 3 is 2.06 bits per heavy atom. The summed E-state index contributed by atoms with van der Waals surface area (Å²) in [5.74, 6) is -2.24. The molecule has 7 heteroatoms. The van der Waals surface area contributed by atoms with Gasteiger partial charge in [0.15, 0.2) is 6.10 Å². The summed E-state index contributed by atoms with van der Waals surface area (Å²) in [7, 11) is 0. The van der Waals surface area contributed by atoms with E-state index in [4.69, 9.17) is 24.8 Å². The van der Waals surface area contributed by atoms with Crippen molar-refractivity contribution in [1.29, 1.82) is 0 Å². The molecule has 18 heavy (non-hydrogen) atoms. The normalized spacial score (nSPS) is 13.9. The molecule has 0 aliphatic heterocycles.